The number of nitrogens with zero attached hydrogens (tertiary/aromatic N) is 1. The van der Waals surface area contributed by atoms with E-state index < -0.39 is 0 Å². The number of thiophene rings is 1. The third-order valence-electron chi connectivity index (χ3n) is 3.36. The predicted molar refractivity (Wildman–Crippen MR) is 85.2 cm³/mol. The Morgan fingerprint density at radius 3 is 2.50 bits per heavy atom. The molecule has 0 bridgehead atoms. The molecular weight excluding hydrogens is 308 g/mol. The van der Waals surface area contributed by atoms with Gasteiger partial charge in [-0.05, 0) is 54.0 Å². The summed E-state index contributed by atoms with van der Waals surface area (Å²) in [7, 11) is 0. The third-order valence-corrected chi connectivity index (χ3v) is 5.06. The van der Waals surface area contributed by atoms with Gasteiger partial charge >= 0.3 is 0 Å². The van der Waals surface area contributed by atoms with E-state index in [1.54, 1.807) is 0 Å². The Hall–Kier alpha value is 0.1000. The summed E-state index contributed by atoms with van der Waals surface area (Å²) in [6, 6.07) is 4.92. The summed E-state index contributed by atoms with van der Waals surface area (Å²) in [5.41, 5.74) is 6.36. The molecule has 1 heterocycles. The molecule has 104 valence electrons. The average molecular weight is 333 g/mol. The molecule has 0 aromatic carbocycles. The van der Waals surface area contributed by atoms with Crippen LogP contribution in [-0.4, -0.2) is 24.0 Å². The monoisotopic (exact) mass is 332 g/mol. The van der Waals surface area contributed by atoms with Crippen molar-refractivity contribution in [3.63, 3.8) is 0 Å². The molecule has 2 N–H and O–H groups in total. The highest BCUT2D eigenvalue weighted by Gasteiger charge is 2.25. The maximum atomic E-state index is 6.36. The van der Waals surface area contributed by atoms with Gasteiger partial charge in [-0.15, -0.1) is 11.3 Å². The van der Waals surface area contributed by atoms with Crippen LogP contribution in [0.2, 0.25) is 0 Å². The topological polar surface area (TPSA) is 29.3 Å². The second kappa shape index (κ2) is 8.31. The summed E-state index contributed by atoms with van der Waals surface area (Å²) >= 11 is 5.37. The average Bonchev–Trinajstić information content (AvgIpc) is 2.79. The van der Waals surface area contributed by atoms with Gasteiger partial charge in [0.2, 0.25) is 0 Å². The minimum absolute atomic E-state index is 0.215. The van der Waals surface area contributed by atoms with Crippen LogP contribution in [0.25, 0.3) is 0 Å². The van der Waals surface area contributed by atoms with E-state index in [0.29, 0.717) is 6.04 Å². The van der Waals surface area contributed by atoms with Gasteiger partial charge in [-0.3, -0.25) is 4.90 Å². The molecule has 0 saturated carbocycles. The van der Waals surface area contributed by atoms with Crippen LogP contribution in [0.15, 0.2) is 15.9 Å². The van der Waals surface area contributed by atoms with Crippen molar-refractivity contribution in [1.29, 1.82) is 0 Å². The maximum absolute atomic E-state index is 6.36. The van der Waals surface area contributed by atoms with E-state index in [1.807, 2.05) is 11.3 Å². The van der Waals surface area contributed by atoms with Crippen molar-refractivity contribution < 1.29 is 0 Å². The minimum atomic E-state index is 0.215. The van der Waals surface area contributed by atoms with Crippen LogP contribution in [0, 0.1) is 0 Å². The zero-order valence-corrected chi connectivity index (χ0v) is 14.1. The fraction of sp³-hybridized carbons (Fsp3) is 0.714. The van der Waals surface area contributed by atoms with Crippen LogP contribution >= 0.6 is 27.3 Å². The number of rotatable bonds is 8. The van der Waals surface area contributed by atoms with E-state index in [0.717, 1.165) is 19.5 Å². The van der Waals surface area contributed by atoms with Crippen LogP contribution in [-0.2, 0) is 0 Å². The summed E-state index contributed by atoms with van der Waals surface area (Å²) in [5.74, 6) is 0. The van der Waals surface area contributed by atoms with Crippen molar-refractivity contribution in [2.45, 2.75) is 52.1 Å². The smallest absolute Gasteiger partial charge is 0.0702 e. The zero-order chi connectivity index (χ0) is 13.5. The molecule has 18 heavy (non-hydrogen) atoms. The Morgan fingerprint density at radius 2 is 2.06 bits per heavy atom. The molecule has 0 amide bonds. The van der Waals surface area contributed by atoms with Gasteiger partial charge in [0, 0.05) is 10.9 Å². The predicted octanol–water partition coefficient (Wildman–Crippen LogP) is 4.41. The Morgan fingerprint density at radius 1 is 1.33 bits per heavy atom. The molecule has 0 aliphatic rings. The zero-order valence-electron chi connectivity index (χ0n) is 11.7. The van der Waals surface area contributed by atoms with Gasteiger partial charge in [0.1, 0.15) is 0 Å². The van der Waals surface area contributed by atoms with E-state index in [4.69, 9.17) is 5.73 Å². The second-order valence-electron chi connectivity index (χ2n) is 4.64. The van der Waals surface area contributed by atoms with Crippen molar-refractivity contribution in [2.75, 3.05) is 13.1 Å². The first-order valence-electron chi connectivity index (χ1n) is 6.88. The van der Waals surface area contributed by atoms with Crippen molar-refractivity contribution in [1.82, 2.24) is 4.90 Å². The first-order valence-corrected chi connectivity index (χ1v) is 8.49. The summed E-state index contributed by atoms with van der Waals surface area (Å²) < 4.78 is 1.19. The first kappa shape index (κ1) is 16.2. The number of likely N-dealkylation sites (N-methyl/N-ethyl adjacent to an activating group) is 1. The van der Waals surface area contributed by atoms with Gasteiger partial charge in [-0.1, -0.05) is 27.2 Å². The number of hydrogen-bond acceptors (Lipinski definition) is 3. The fourth-order valence-electron chi connectivity index (χ4n) is 2.23. The largest absolute Gasteiger partial charge is 0.326 e. The van der Waals surface area contributed by atoms with Crippen LogP contribution in [0.4, 0.5) is 0 Å². The molecule has 0 saturated heterocycles. The Balaban J connectivity index is 2.88. The van der Waals surface area contributed by atoms with Crippen LogP contribution < -0.4 is 5.73 Å². The molecule has 0 fully saturated rings. The molecule has 0 aliphatic carbocycles. The SMILES string of the molecule is CCCCN(CC)C(c1ccc(Br)s1)C(N)CC. The summed E-state index contributed by atoms with van der Waals surface area (Å²) in [6.45, 7) is 8.85. The third kappa shape index (κ3) is 4.34. The van der Waals surface area contributed by atoms with Crippen molar-refractivity contribution in [3.05, 3.63) is 20.8 Å². The molecule has 2 nitrogen and oxygen atoms in total. The lowest BCUT2D eigenvalue weighted by atomic mass is 10.0. The maximum Gasteiger partial charge on any atom is 0.0702 e. The van der Waals surface area contributed by atoms with E-state index >= 15 is 0 Å². The second-order valence-corrected chi connectivity index (χ2v) is 7.14. The minimum Gasteiger partial charge on any atom is -0.326 e. The van der Waals surface area contributed by atoms with Gasteiger partial charge < -0.3 is 5.73 Å². The molecule has 2 atom stereocenters. The van der Waals surface area contributed by atoms with E-state index in [1.165, 1.54) is 21.5 Å². The normalized spacial score (nSPS) is 15.0. The highest BCUT2D eigenvalue weighted by molar-refractivity contribution is 9.11. The molecule has 0 radical (unpaired) electrons. The number of halogens is 1. The molecule has 4 heteroatoms. The first-order chi connectivity index (χ1) is 8.63. The van der Waals surface area contributed by atoms with Crippen molar-refractivity contribution in [3.8, 4) is 0 Å². The van der Waals surface area contributed by atoms with Crippen LogP contribution in [0.1, 0.15) is 51.0 Å². The lowest BCUT2D eigenvalue weighted by Crippen LogP contribution is -2.40. The highest BCUT2D eigenvalue weighted by Crippen LogP contribution is 2.33. The Labute approximate surface area is 124 Å². The molecule has 1 aromatic heterocycles. The fourth-order valence-corrected chi connectivity index (χ4v) is 3.86. The molecule has 0 aliphatic heterocycles. The number of nitrogens with two attached hydrogens (primary N) is 1. The Kier molecular flexibility index (Phi) is 7.46. The molecule has 2 unspecified atom stereocenters. The summed E-state index contributed by atoms with van der Waals surface area (Å²) in [4.78, 5) is 3.91. The molecule has 1 aromatic rings. The van der Waals surface area contributed by atoms with Crippen LogP contribution in [0.5, 0.6) is 0 Å². The van der Waals surface area contributed by atoms with E-state index in [9.17, 15) is 0 Å². The van der Waals surface area contributed by atoms with Crippen LogP contribution in [0.3, 0.4) is 0 Å². The lowest BCUT2D eigenvalue weighted by molar-refractivity contribution is 0.178. The van der Waals surface area contributed by atoms with Crippen molar-refractivity contribution in [2.24, 2.45) is 5.73 Å². The van der Waals surface area contributed by atoms with Gasteiger partial charge in [0.15, 0.2) is 0 Å². The standard InChI is InChI=1S/C14H25BrN2S/c1-4-7-10-17(6-3)14(11(16)5-2)12-8-9-13(15)18-12/h8-9,11,14H,4-7,10,16H2,1-3H3. The molecule has 0 spiro atoms. The number of unbranched alkanes of at least 4 members (excludes halogenated alkanes) is 1. The van der Waals surface area contributed by atoms with Crippen molar-refractivity contribution >= 4 is 27.3 Å². The van der Waals surface area contributed by atoms with E-state index in [-0.39, 0.29) is 6.04 Å². The highest BCUT2D eigenvalue weighted by atomic mass is 79.9. The van der Waals surface area contributed by atoms with E-state index in [2.05, 4.69) is 53.7 Å². The number of hydrogen-bond donors (Lipinski definition) is 1. The molecular formula is C14H25BrN2S. The quantitative estimate of drug-likeness (QED) is 0.763. The van der Waals surface area contributed by atoms with Gasteiger partial charge in [0.05, 0.1) is 9.83 Å². The summed E-state index contributed by atoms with van der Waals surface area (Å²) in [5, 5.41) is 0. The Bertz CT molecular complexity index is 340. The van der Waals surface area contributed by atoms with Gasteiger partial charge in [0.25, 0.3) is 0 Å². The van der Waals surface area contributed by atoms with Gasteiger partial charge in [-0.2, -0.15) is 0 Å². The van der Waals surface area contributed by atoms with Gasteiger partial charge in [-0.25, -0.2) is 0 Å². The molecule has 1 rings (SSSR count). The lowest BCUT2D eigenvalue weighted by Gasteiger charge is -2.34. The summed E-state index contributed by atoms with van der Waals surface area (Å²) in [6.07, 6.45) is 3.49.